The minimum absolute atomic E-state index is 0.174. The zero-order chi connectivity index (χ0) is 10.8. The highest BCUT2D eigenvalue weighted by molar-refractivity contribution is 5.63. The molecular formula is C13H11FN. The van der Waals surface area contributed by atoms with E-state index in [-0.39, 0.29) is 5.82 Å². The Morgan fingerprint density at radius 2 is 2.00 bits per heavy atom. The summed E-state index contributed by atoms with van der Waals surface area (Å²) in [7, 11) is 0. The van der Waals surface area contributed by atoms with Crippen LogP contribution in [0.25, 0.3) is 11.3 Å². The largest absolute Gasteiger partial charge is 0.256 e. The number of pyridine rings is 1. The number of hydrogen-bond donors (Lipinski definition) is 0. The van der Waals surface area contributed by atoms with Crippen molar-refractivity contribution in [2.24, 2.45) is 0 Å². The highest BCUT2D eigenvalue weighted by atomic mass is 19.1. The van der Waals surface area contributed by atoms with E-state index in [1.54, 1.807) is 19.2 Å². The molecule has 0 fully saturated rings. The lowest BCUT2D eigenvalue weighted by Crippen LogP contribution is -1.91. The van der Waals surface area contributed by atoms with Crippen LogP contribution in [0.4, 0.5) is 4.39 Å². The molecule has 2 aromatic rings. The Bertz CT molecular complexity index is 477. The second kappa shape index (κ2) is 3.81. The molecule has 1 aromatic heterocycles. The number of aryl methyl sites for hydroxylation is 2. The molecule has 0 bridgehead atoms. The van der Waals surface area contributed by atoms with E-state index in [0.29, 0.717) is 5.56 Å². The van der Waals surface area contributed by atoms with E-state index in [2.05, 4.69) is 11.1 Å². The van der Waals surface area contributed by atoms with Gasteiger partial charge in [0, 0.05) is 17.8 Å². The van der Waals surface area contributed by atoms with Crippen LogP contribution in [0.1, 0.15) is 11.1 Å². The first-order valence-corrected chi connectivity index (χ1v) is 4.78. The van der Waals surface area contributed by atoms with Crippen molar-refractivity contribution in [1.82, 2.24) is 4.98 Å². The zero-order valence-corrected chi connectivity index (χ0v) is 8.71. The van der Waals surface area contributed by atoms with Crippen LogP contribution in [0, 0.1) is 25.7 Å². The molecule has 2 rings (SSSR count). The maximum atomic E-state index is 13.2. The molecule has 0 spiro atoms. The van der Waals surface area contributed by atoms with E-state index in [4.69, 9.17) is 0 Å². The van der Waals surface area contributed by atoms with E-state index in [1.807, 2.05) is 19.1 Å². The first kappa shape index (κ1) is 9.84. The Morgan fingerprint density at radius 3 is 2.67 bits per heavy atom. The topological polar surface area (TPSA) is 12.9 Å². The molecule has 0 aliphatic rings. The molecule has 1 aromatic carbocycles. The van der Waals surface area contributed by atoms with Crippen LogP contribution >= 0.6 is 0 Å². The van der Waals surface area contributed by atoms with Gasteiger partial charge in [0.2, 0.25) is 0 Å². The SMILES string of the molecule is Cc1cc(-c2[c]cccn2)c(C)cc1F. The van der Waals surface area contributed by atoms with Gasteiger partial charge in [-0.1, -0.05) is 6.07 Å². The van der Waals surface area contributed by atoms with Gasteiger partial charge in [0.15, 0.2) is 0 Å². The van der Waals surface area contributed by atoms with Gasteiger partial charge in [-0.05, 0) is 43.2 Å². The van der Waals surface area contributed by atoms with Crippen LogP contribution in [-0.4, -0.2) is 4.98 Å². The average molecular weight is 200 g/mol. The summed E-state index contributed by atoms with van der Waals surface area (Å²) in [5.74, 6) is -0.174. The summed E-state index contributed by atoms with van der Waals surface area (Å²) in [4.78, 5) is 4.20. The van der Waals surface area contributed by atoms with Gasteiger partial charge in [0.1, 0.15) is 5.82 Å². The Kier molecular flexibility index (Phi) is 2.50. The quantitative estimate of drug-likeness (QED) is 0.688. The van der Waals surface area contributed by atoms with E-state index in [9.17, 15) is 4.39 Å². The van der Waals surface area contributed by atoms with Crippen molar-refractivity contribution in [2.45, 2.75) is 13.8 Å². The molecule has 1 nitrogen and oxygen atoms in total. The smallest absolute Gasteiger partial charge is 0.126 e. The average Bonchev–Trinajstić information content (AvgIpc) is 2.25. The first-order chi connectivity index (χ1) is 7.18. The standard InChI is InChI=1S/C13H11FN/c1-9-8-12(14)10(2)7-11(9)13-5-3-4-6-15-13/h3-4,6-8H,1-2H3. The van der Waals surface area contributed by atoms with Crippen molar-refractivity contribution >= 4 is 0 Å². The first-order valence-electron chi connectivity index (χ1n) is 4.78. The van der Waals surface area contributed by atoms with Crippen LogP contribution in [0.5, 0.6) is 0 Å². The Hall–Kier alpha value is -1.70. The molecule has 0 aliphatic heterocycles. The third-order valence-electron chi connectivity index (χ3n) is 2.37. The Labute approximate surface area is 88.6 Å². The van der Waals surface area contributed by atoms with Crippen molar-refractivity contribution in [3.05, 3.63) is 53.5 Å². The summed E-state index contributed by atoms with van der Waals surface area (Å²) in [6, 6.07) is 10.0. The maximum Gasteiger partial charge on any atom is 0.126 e. The fourth-order valence-corrected chi connectivity index (χ4v) is 1.51. The second-order valence-electron chi connectivity index (χ2n) is 3.55. The molecule has 0 N–H and O–H groups in total. The molecule has 1 radical (unpaired) electrons. The number of aromatic nitrogens is 1. The Morgan fingerprint density at radius 1 is 1.20 bits per heavy atom. The predicted octanol–water partition coefficient (Wildman–Crippen LogP) is 3.30. The molecular weight excluding hydrogens is 189 g/mol. The van der Waals surface area contributed by atoms with Gasteiger partial charge in [-0.2, -0.15) is 0 Å². The van der Waals surface area contributed by atoms with Gasteiger partial charge in [-0.15, -0.1) is 0 Å². The minimum Gasteiger partial charge on any atom is -0.256 e. The summed E-state index contributed by atoms with van der Waals surface area (Å²) in [6.07, 6.45) is 1.71. The zero-order valence-electron chi connectivity index (χ0n) is 8.71. The summed E-state index contributed by atoms with van der Waals surface area (Å²) in [5.41, 5.74) is 3.22. The summed E-state index contributed by atoms with van der Waals surface area (Å²) in [6.45, 7) is 3.63. The van der Waals surface area contributed by atoms with Crippen molar-refractivity contribution in [3.8, 4) is 11.3 Å². The lowest BCUT2D eigenvalue weighted by molar-refractivity contribution is 0.617. The van der Waals surface area contributed by atoms with Crippen LogP contribution in [0.2, 0.25) is 0 Å². The van der Waals surface area contributed by atoms with E-state index < -0.39 is 0 Å². The van der Waals surface area contributed by atoms with Crippen LogP contribution in [0.15, 0.2) is 30.5 Å². The lowest BCUT2D eigenvalue weighted by atomic mass is 10.0. The van der Waals surface area contributed by atoms with Crippen molar-refractivity contribution in [1.29, 1.82) is 0 Å². The second-order valence-corrected chi connectivity index (χ2v) is 3.55. The van der Waals surface area contributed by atoms with Gasteiger partial charge >= 0.3 is 0 Å². The van der Waals surface area contributed by atoms with Crippen molar-refractivity contribution < 1.29 is 4.39 Å². The van der Waals surface area contributed by atoms with Gasteiger partial charge in [-0.25, -0.2) is 4.39 Å². The molecule has 0 saturated carbocycles. The number of benzene rings is 1. The van der Waals surface area contributed by atoms with Crippen LogP contribution in [-0.2, 0) is 0 Å². The molecule has 2 heteroatoms. The van der Waals surface area contributed by atoms with Gasteiger partial charge < -0.3 is 0 Å². The maximum absolute atomic E-state index is 13.2. The highest BCUT2D eigenvalue weighted by Crippen LogP contribution is 2.23. The molecule has 0 atom stereocenters. The fourth-order valence-electron chi connectivity index (χ4n) is 1.51. The number of nitrogens with zero attached hydrogens (tertiary/aromatic N) is 1. The van der Waals surface area contributed by atoms with E-state index >= 15 is 0 Å². The molecule has 15 heavy (non-hydrogen) atoms. The molecule has 0 aliphatic carbocycles. The lowest BCUT2D eigenvalue weighted by Gasteiger charge is -2.06. The normalized spacial score (nSPS) is 10.3. The molecule has 0 amide bonds. The minimum atomic E-state index is -0.174. The monoisotopic (exact) mass is 200 g/mol. The van der Waals surface area contributed by atoms with E-state index in [0.717, 1.165) is 16.8 Å². The molecule has 0 unspecified atom stereocenters. The third-order valence-corrected chi connectivity index (χ3v) is 2.37. The number of halogens is 1. The van der Waals surface area contributed by atoms with Gasteiger partial charge in [0.05, 0.1) is 5.69 Å². The van der Waals surface area contributed by atoms with Crippen LogP contribution in [0.3, 0.4) is 0 Å². The third kappa shape index (κ3) is 1.89. The molecule has 1 heterocycles. The van der Waals surface area contributed by atoms with Gasteiger partial charge in [0.25, 0.3) is 0 Å². The number of rotatable bonds is 1. The Balaban J connectivity index is 2.59. The van der Waals surface area contributed by atoms with E-state index in [1.165, 1.54) is 6.07 Å². The summed E-state index contributed by atoms with van der Waals surface area (Å²) < 4.78 is 13.2. The summed E-state index contributed by atoms with van der Waals surface area (Å²) in [5, 5.41) is 0. The van der Waals surface area contributed by atoms with Gasteiger partial charge in [-0.3, -0.25) is 4.98 Å². The van der Waals surface area contributed by atoms with Crippen LogP contribution < -0.4 is 0 Å². The van der Waals surface area contributed by atoms with Crippen molar-refractivity contribution in [2.75, 3.05) is 0 Å². The highest BCUT2D eigenvalue weighted by Gasteiger charge is 2.06. The summed E-state index contributed by atoms with van der Waals surface area (Å²) >= 11 is 0. The predicted molar refractivity (Wildman–Crippen MR) is 57.9 cm³/mol. The molecule has 0 saturated heterocycles. The fraction of sp³-hybridized carbons (Fsp3) is 0.154. The molecule has 75 valence electrons. The number of hydrogen-bond acceptors (Lipinski definition) is 1. The van der Waals surface area contributed by atoms with Crippen molar-refractivity contribution in [3.63, 3.8) is 0 Å².